The SMILES string of the molecule is C=CC(=O)N1CCCC(Nc2ccncc2N(N=O)c2ccc(Oc3cccc(C)c3)c(Cl)c2)C1. The molecule has 9 heteroatoms. The Kier molecular flexibility index (Phi) is 7.62. The number of hydrogen-bond acceptors (Lipinski definition) is 6. The zero-order chi connectivity index (χ0) is 24.8. The molecule has 1 aromatic heterocycles. The van der Waals surface area contributed by atoms with Crippen molar-refractivity contribution < 1.29 is 9.53 Å². The van der Waals surface area contributed by atoms with Gasteiger partial charge >= 0.3 is 0 Å². The van der Waals surface area contributed by atoms with Crippen molar-refractivity contribution in [1.29, 1.82) is 0 Å². The Balaban J connectivity index is 1.55. The molecule has 0 aliphatic carbocycles. The number of hydrogen-bond donors (Lipinski definition) is 1. The summed E-state index contributed by atoms with van der Waals surface area (Å²) in [5.74, 6) is 1.04. The van der Waals surface area contributed by atoms with E-state index in [0.717, 1.165) is 18.4 Å². The number of likely N-dealkylation sites (tertiary alicyclic amines) is 1. The van der Waals surface area contributed by atoms with Crippen molar-refractivity contribution in [2.24, 2.45) is 5.29 Å². The highest BCUT2D eigenvalue weighted by atomic mass is 35.5. The van der Waals surface area contributed by atoms with Crippen molar-refractivity contribution in [2.45, 2.75) is 25.8 Å². The Hall–Kier alpha value is -3.91. The summed E-state index contributed by atoms with van der Waals surface area (Å²) in [7, 11) is 0. The number of carbonyl (C=O) groups is 1. The van der Waals surface area contributed by atoms with Crippen LogP contribution < -0.4 is 15.1 Å². The maximum Gasteiger partial charge on any atom is 0.246 e. The molecule has 0 saturated carbocycles. The number of benzene rings is 2. The molecule has 180 valence electrons. The minimum Gasteiger partial charge on any atom is -0.456 e. The standard InChI is InChI=1S/C26H26ClN5O3/c1-3-26(33)31-13-5-7-19(17-31)29-23-11-12-28-16-24(23)32(30-34)20-9-10-25(22(27)15-20)35-21-8-4-6-18(2)14-21/h3-4,6,8-12,14-16,19H,1,5,7,13,17H2,2H3,(H,28,29). The molecule has 1 amide bonds. The summed E-state index contributed by atoms with van der Waals surface area (Å²) < 4.78 is 5.90. The molecule has 8 nitrogen and oxygen atoms in total. The number of piperidine rings is 1. The minimum atomic E-state index is -0.0924. The van der Waals surface area contributed by atoms with Gasteiger partial charge in [-0.25, -0.2) is 0 Å². The molecule has 3 aromatic rings. The maximum absolute atomic E-state index is 12.0. The van der Waals surface area contributed by atoms with Gasteiger partial charge in [-0.3, -0.25) is 9.78 Å². The first kappa shape index (κ1) is 24.2. The van der Waals surface area contributed by atoms with E-state index in [1.807, 2.05) is 31.2 Å². The van der Waals surface area contributed by atoms with Gasteiger partial charge in [-0.2, -0.15) is 5.01 Å². The summed E-state index contributed by atoms with van der Waals surface area (Å²) in [6, 6.07) is 14.4. The third kappa shape index (κ3) is 5.78. The number of nitrogens with zero attached hydrogens (tertiary/aromatic N) is 4. The number of amides is 1. The number of halogens is 1. The predicted octanol–water partition coefficient (Wildman–Crippen LogP) is 6.24. The van der Waals surface area contributed by atoms with Gasteiger partial charge in [0.25, 0.3) is 0 Å². The van der Waals surface area contributed by atoms with Crippen LogP contribution in [-0.4, -0.2) is 34.9 Å². The molecule has 1 aliphatic rings. The van der Waals surface area contributed by atoms with Crippen molar-refractivity contribution >= 4 is 34.6 Å². The van der Waals surface area contributed by atoms with Crippen molar-refractivity contribution in [1.82, 2.24) is 9.88 Å². The molecule has 4 rings (SSSR count). The van der Waals surface area contributed by atoms with E-state index in [1.165, 1.54) is 11.1 Å². The number of ether oxygens (including phenoxy) is 1. The van der Waals surface area contributed by atoms with E-state index in [9.17, 15) is 9.70 Å². The first-order chi connectivity index (χ1) is 17.0. The third-order valence-electron chi connectivity index (χ3n) is 5.75. The zero-order valence-electron chi connectivity index (χ0n) is 19.4. The van der Waals surface area contributed by atoms with Crippen LogP contribution in [-0.2, 0) is 4.79 Å². The number of nitroso groups, excluding NO2 is 1. The molecule has 0 bridgehead atoms. The molecule has 2 heterocycles. The van der Waals surface area contributed by atoms with E-state index in [1.54, 1.807) is 41.6 Å². The van der Waals surface area contributed by atoms with Crippen molar-refractivity contribution in [3.8, 4) is 11.5 Å². The number of carbonyl (C=O) groups excluding carboxylic acids is 1. The fourth-order valence-electron chi connectivity index (χ4n) is 4.06. The largest absolute Gasteiger partial charge is 0.456 e. The topological polar surface area (TPSA) is 87.1 Å². The van der Waals surface area contributed by atoms with Crippen LogP contribution in [0, 0.1) is 11.8 Å². The fraction of sp³-hybridized carbons (Fsp3) is 0.231. The number of nitrogens with one attached hydrogen (secondary N) is 1. The van der Waals surface area contributed by atoms with E-state index < -0.39 is 0 Å². The Labute approximate surface area is 209 Å². The summed E-state index contributed by atoms with van der Waals surface area (Å²) >= 11 is 6.49. The predicted molar refractivity (Wildman–Crippen MR) is 138 cm³/mol. The van der Waals surface area contributed by atoms with Gasteiger partial charge in [0.05, 0.1) is 27.9 Å². The molecule has 1 unspecified atom stereocenters. The van der Waals surface area contributed by atoms with Crippen LogP contribution in [0.25, 0.3) is 0 Å². The van der Waals surface area contributed by atoms with Crippen LogP contribution in [0.1, 0.15) is 18.4 Å². The maximum atomic E-state index is 12.0. The van der Waals surface area contributed by atoms with Gasteiger partial charge in [-0.15, -0.1) is 4.91 Å². The molecule has 35 heavy (non-hydrogen) atoms. The minimum absolute atomic E-state index is 0.0102. The summed E-state index contributed by atoms with van der Waals surface area (Å²) in [6.07, 6.45) is 6.27. The molecule has 1 fully saturated rings. The number of anilines is 3. The average molecular weight is 492 g/mol. The van der Waals surface area contributed by atoms with Crippen LogP contribution in [0.5, 0.6) is 11.5 Å². The Morgan fingerprint density at radius 1 is 1.31 bits per heavy atom. The van der Waals surface area contributed by atoms with Crippen LogP contribution in [0.4, 0.5) is 17.1 Å². The summed E-state index contributed by atoms with van der Waals surface area (Å²) in [5.41, 5.74) is 2.68. The molecular formula is C26H26ClN5O3. The second-order valence-corrected chi connectivity index (χ2v) is 8.70. The van der Waals surface area contributed by atoms with Crippen LogP contribution in [0.15, 0.2) is 78.9 Å². The van der Waals surface area contributed by atoms with Crippen LogP contribution >= 0.6 is 11.6 Å². The molecular weight excluding hydrogens is 466 g/mol. The Morgan fingerprint density at radius 2 is 2.17 bits per heavy atom. The highest BCUT2D eigenvalue weighted by Gasteiger charge is 2.24. The van der Waals surface area contributed by atoms with Gasteiger partial charge in [0.1, 0.15) is 17.2 Å². The quantitative estimate of drug-likeness (QED) is 0.228. The smallest absolute Gasteiger partial charge is 0.246 e. The van der Waals surface area contributed by atoms with E-state index in [2.05, 4.69) is 22.2 Å². The second-order valence-electron chi connectivity index (χ2n) is 8.29. The van der Waals surface area contributed by atoms with E-state index in [-0.39, 0.29) is 11.9 Å². The van der Waals surface area contributed by atoms with E-state index in [4.69, 9.17) is 16.3 Å². The Bertz CT molecular complexity index is 1240. The zero-order valence-corrected chi connectivity index (χ0v) is 20.1. The van der Waals surface area contributed by atoms with Crippen molar-refractivity contribution in [3.05, 3.63) is 89.1 Å². The normalized spacial score (nSPS) is 15.3. The van der Waals surface area contributed by atoms with Gasteiger partial charge < -0.3 is 15.0 Å². The summed E-state index contributed by atoms with van der Waals surface area (Å²) in [4.78, 5) is 29.9. The average Bonchev–Trinajstić information content (AvgIpc) is 2.87. The molecule has 1 aliphatic heterocycles. The lowest BCUT2D eigenvalue weighted by molar-refractivity contribution is -0.127. The molecule has 2 aromatic carbocycles. The van der Waals surface area contributed by atoms with Gasteiger partial charge in [0.2, 0.25) is 5.91 Å². The molecule has 1 saturated heterocycles. The lowest BCUT2D eigenvalue weighted by atomic mass is 10.0. The van der Waals surface area contributed by atoms with Crippen molar-refractivity contribution in [3.63, 3.8) is 0 Å². The molecule has 0 spiro atoms. The summed E-state index contributed by atoms with van der Waals surface area (Å²) in [5, 5.41) is 8.24. The van der Waals surface area contributed by atoms with Gasteiger partial charge in [0, 0.05) is 25.3 Å². The number of rotatable bonds is 8. The number of aryl methyl sites for hydroxylation is 1. The van der Waals surface area contributed by atoms with E-state index in [0.29, 0.717) is 46.7 Å². The first-order valence-electron chi connectivity index (χ1n) is 11.3. The third-order valence-corrected chi connectivity index (χ3v) is 6.05. The lowest BCUT2D eigenvalue weighted by Crippen LogP contribution is -2.44. The molecule has 1 atom stereocenters. The van der Waals surface area contributed by atoms with Crippen molar-refractivity contribution in [2.75, 3.05) is 23.4 Å². The monoisotopic (exact) mass is 491 g/mol. The fourth-order valence-corrected chi connectivity index (χ4v) is 4.27. The van der Waals surface area contributed by atoms with E-state index >= 15 is 0 Å². The highest BCUT2D eigenvalue weighted by molar-refractivity contribution is 6.32. The first-order valence-corrected chi connectivity index (χ1v) is 11.7. The molecule has 1 N–H and O–H groups in total. The number of aromatic nitrogens is 1. The van der Waals surface area contributed by atoms with Gasteiger partial charge in [0.15, 0.2) is 0 Å². The molecule has 0 radical (unpaired) electrons. The van der Waals surface area contributed by atoms with Gasteiger partial charge in [-0.05, 0) is 67.8 Å². The van der Waals surface area contributed by atoms with Crippen LogP contribution in [0.2, 0.25) is 5.02 Å². The lowest BCUT2D eigenvalue weighted by Gasteiger charge is -2.33. The number of pyridine rings is 1. The second kappa shape index (κ2) is 11.0. The Morgan fingerprint density at radius 3 is 2.91 bits per heavy atom. The van der Waals surface area contributed by atoms with Crippen LogP contribution in [0.3, 0.4) is 0 Å². The highest BCUT2D eigenvalue weighted by Crippen LogP contribution is 2.38. The van der Waals surface area contributed by atoms with Gasteiger partial charge in [-0.1, -0.05) is 30.3 Å². The summed E-state index contributed by atoms with van der Waals surface area (Å²) in [6.45, 7) is 6.79.